The van der Waals surface area contributed by atoms with E-state index < -0.39 is 12.8 Å². The summed E-state index contributed by atoms with van der Waals surface area (Å²) in [6.07, 6.45) is -0.589. The lowest BCUT2D eigenvalue weighted by Crippen LogP contribution is -2.49. The summed E-state index contributed by atoms with van der Waals surface area (Å²) in [6, 6.07) is 0. The number of thioether (sulfide) groups is 1. The number of nitrogens with zero attached hydrogens (tertiary/aromatic N) is 1. The number of hydrogen-bond acceptors (Lipinski definition) is 4. The third-order valence-corrected chi connectivity index (χ3v) is 5.25. The molecule has 1 heterocycles. The summed E-state index contributed by atoms with van der Waals surface area (Å²) in [5.41, 5.74) is 5.77. The Kier molecular flexibility index (Phi) is 6.35. The molecular weight excluding hydrogens is 297 g/mol. The molecule has 0 aliphatic carbocycles. The van der Waals surface area contributed by atoms with Crippen LogP contribution in [0.5, 0.6) is 0 Å². The van der Waals surface area contributed by atoms with Gasteiger partial charge < -0.3 is 15.4 Å². The average Bonchev–Trinajstić information content (AvgIpc) is 2.34. The van der Waals surface area contributed by atoms with Crippen molar-refractivity contribution in [2.75, 3.05) is 39.1 Å². The first-order valence-corrected chi connectivity index (χ1v) is 7.64. The Labute approximate surface area is 121 Å². The maximum atomic E-state index is 11.9. The fourth-order valence-corrected chi connectivity index (χ4v) is 3.32. The smallest absolute Gasteiger partial charge is 0.392 e. The van der Waals surface area contributed by atoms with Crippen LogP contribution in [-0.2, 0) is 4.74 Å². The van der Waals surface area contributed by atoms with E-state index in [2.05, 4.69) is 9.64 Å². The lowest BCUT2D eigenvalue weighted by Gasteiger charge is -2.40. The Morgan fingerprint density at radius 3 is 2.42 bits per heavy atom. The first-order chi connectivity index (χ1) is 8.79. The quantitative estimate of drug-likeness (QED) is 0.600. The Balaban J connectivity index is 2.25. The molecule has 2 N–H and O–H groups in total. The van der Waals surface area contributed by atoms with Gasteiger partial charge in [0, 0.05) is 6.54 Å². The number of thiocarbonyl (C=S) groups is 1. The molecule has 0 unspecified atom stereocenters. The van der Waals surface area contributed by atoms with Crippen molar-refractivity contribution < 1.29 is 17.9 Å². The van der Waals surface area contributed by atoms with Gasteiger partial charge in [-0.15, -0.1) is 0 Å². The fourth-order valence-electron chi connectivity index (χ4n) is 2.07. The normalized spacial score (nSPS) is 20.4. The summed E-state index contributed by atoms with van der Waals surface area (Å²) >= 11 is 6.76. The Bertz CT molecular complexity index is 305. The third-order valence-electron chi connectivity index (χ3n) is 3.32. The van der Waals surface area contributed by atoms with Crippen LogP contribution in [0.2, 0.25) is 0 Å². The average molecular weight is 316 g/mol. The van der Waals surface area contributed by atoms with Gasteiger partial charge in [0.2, 0.25) is 0 Å². The number of hydrogen-bond donors (Lipinski definition) is 1. The molecule has 3 nitrogen and oxygen atoms in total. The summed E-state index contributed by atoms with van der Waals surface area (Å²) in [5, 5.41) is 0. The van der Waals surface area contributed by atoms with Crippen molar-refractivity contribution in [1.29, 1.82) is 0 Å². The number of alkyl halides is 3. The summed E-state index contributed by atoms with van der Waals surface area (Å²) in [6.45, 7) is 1.00. The molecule has 0 saturated carbocycles. The first-order valence-electron chi connectivity index (χ1n) is 6.01. The molecule has 1 aliphatic heterocycles. The van der Waals surface area contributed by atoms with Crippen LogP contribution in [0.3, 0.4) is 0 Å². The number of halogens is 3. The highest BCUT2D eigenvalue weighted by Gasteiger charge is 2.36. The van der Waals surface area contributed by atoms with Crippen molar-refractivity contribution >= 4 is 29.0 Å². The molecule has 0 atom stereocenters. The molecule has 112 valence electrons. The van der Waals surface area contributed by atoms with E-state index in [4.69, 9.17) is 18.0 Å². The molecule has 19 heavy (non-hydrogen) atoms. The van der Waals surface area contributed by atoms with Crippen molar-refractivity contribution in [3.63, 3.8) is 0 Å². The van der Waals surface area contributed by atoms with Gasteiger partial charge in [-0.3, -0.25) is 0 Å². The van der Waals surface area contributed by atoms with Crippen LogP contribution in [0.1, 0.15) is 12.8 Å². The van der Waals surface area contributed by atoms with Crippen LogP contribution < -0.4 is 5.73 Å². The van der Waals surface area contributed by atoms with Gasteiger partial charge in [-0.2, -0.15) is 24.9 Å². The minimum atomic E-state index is -4.25. The maximum Gasteiger partial charge on any atom is 0.411 e. The topological polar surface area (TPSA) is 38.5 Å². The highest BCUT2D eigenvalue weighted by Crippen LogP contribution is 2.34. The Morgan fingerprint density at radius 1 is 1.42 bits per heavy atom. The second-order valence-electron chi connectivity index (χ2n) is 4.57. The van der Waals surface area contributed by atoms with Crippen molar-refractivity contribution in [3.05, 3.63) is 0 Å². The highest BCUT2D eigenvalue weighted by molar-refractivity contribution is 8.02. The number of nitrogens with two attached hydrogens (primary N) is 1. The van der Waals surface area contributed by atoms with Gasteiger partial charge in [0.25, 0.3) is 0 Å². The SMILES string of the molecule is CSC1(C(N)=S)CCN(CCOCC(F)(F)F)CC1. The molecule has 1 aliphatic rings. The van der Waals surface area contributed by atoms with Crippen molar-refractivity contribution in [3.8, 4) is 0 Å². The van der Waals surface area contributed by atoms with E-state index in [0.29, 0.717) is 11.5 Å². The zero-order valence-electron chi connectivity index (χ0n) is 10.8. The standard InChI is InChI=1S/C11H19F3N2OS2/c1-19-10(9(15)18)2-4-16(5-3-10)6-7-17-8-11(12,13)14/h2-8H2,1H3,(H2,15,18). The highest BCUT2D eigenvalue weighted by atomic mass is 32.2. The lowest BCUT2D eigenvalue weighted by molar-refractivity contribution is -0.174. The number of likely N-dealkylation sites (tertiary alicyclic amines) is 1. The molecule has 1 rings (SSSR count). The van der Waals surface area contributed by atoms with Gasteiger partial charge in [-0.05, 0) is 32.2 Å². The number of piperidine rings is 1. The van der Waals surface area contributed by atoms with Crippen LogP contribution in [0.15, 0.2) is 0 Å². The Hall–Kier alpha value is -0.0500. The second kappa shape index (κ2) is 7.10. The zero-order valence-corrected chi connectivity index (χ0v) is 12.5. The molecule has 1 fully saturated rings. The van der Waals surface area contributed by atoms with Gasteiger partial charge in [-0.25, -0.2) is 0 Å². The van der Waals surface area contributed by atoms with Gasteiger partial charge >= 0.3 is 6.18 Å². The summed E-state index contributed by atoms with van der Waals surface area (Å²) in [7, 11) is 0. The number of ether oxygens (including phenoxy) is 1. The molecule has 0 bridgehead atoms. The van der Waals surface area contributed by atoms with Crippen LogP contribution in [0.25, 0.3) is 0 Å². The summed E-state index contributed by atoms with van der Waals surface area (Å²) in [5.74, 6) is 0. The third kappa shape index (κ3) is 5.45. The Morgan fingerprint density at radius 2 is 2.00 bits per heavy atom. The van der Waals surface area contributed by atoms with Gasteiger partial charge in [0.05, 0.1) is 16.3 Å². The molecule has 0 radical (unpaired) electrons. The maximum absolute atomic E-state index is 11.9. The lowest BCUT2D eigenvalue weighted by atomic mass is 9.95. The van der Waals surface area contributed by atoms with Crippen LogP contribution in [0, 0.1) is 0 Å². The van der Waals surface area contributed by atoms with E-state index in [9.17, 15) is 13.2 Å². The fraction of sp³-hybridized carbons (Fsp3) is 0.909. The van der Waals surface area contributed by atoms with E-state index in [-0.39, 0.29) is 11.4 Å². The predicted molar refractivity (Wildman–Crippen MR) is 75.6 cm³/mol. The van der Waals surface area contributed by atoms with E-state index in [1.807, 2.05) is 6.26 Å². The summed E-state index contributed by atoms with van der Waals surface area (Å²) < 4.78 is 40.1. The molecule has 0 aromatic rings. The minimum Gasteiger partial charge on any atom is -0.392 e. The molecule has 0 aromatic carbocycles. The molecule has 0 aromatic heterocycles. The van der Waals surface area contributed by atoms with Crippen molar-refractivity contribution in [2.24, 2.45) is 5.73 Å². The zero-order chi connectivity index (χ0) is 14.5. The van der Waals surface area contributed by atoms with Crippen molar-refractivity contribution in [1.82, 2.24) is 4.90 Å². The minimum absolute atomic E-state index is 0.0961. The van der Waals surface area contributed by atoms with E-state index in [0.717, 1.165) is 25.9 Å². The second-order valence-corrected chi connectivity index (χ2v) is 6.20. The van der Waals surface area contributed by atoms with Crippen LogP contribution >= 0.6 is 24.0 Å². The van der Waals surface area contributed by atoms with Gasteiger partial charge in [0.15, 0.2) is 0 Å². The van der Waals surface area contributed by atoms with Crippen molar-refractivity contribution in [2.45, 2.75) is 23.8 Å². The van der Waals surface area contributed by atoms with E-state index >= 15 is 0 Å². The van der Waals surface area contributed by atoms with Crippen LogP contribution in [0.4, 0.5) is 13.2 Å². The predicted octanol–water partition coefficient (Wildman–Crippen LogP) is 2.05. The van der Waals surface area contributed by atoms with Crippen LogP contribution in [-0.4, -0.2) is 59.9 Å². The first kappa shape index (κ1) is 17.0. The molecule has 0 spiro atoms. The monoisotopic (exact) mass is 316 g/mol. The number of rotatable bonds is 6. The molecule has 1 saturated heterocycles. The molecule has 8 heteroatoms. The molecular formula is C11H19F3N2OS2. The van der Waals surface area contributed by atoms with E-state index in [1.165, 1.54) is 0 Å². The largest absolute Gasteiger partial charge is 0.411 e. The van der Waals surface area contributed by atoms with Gasteiger partial charge in [-0.1, -0.05) is 12.2 Å². The molecule has 0 amide bonds. The summed E-state index contributed by atoms with van der Waals surface area (Å²) in [4.78, 5) is 2.61. The van der Waals surface area contributed by atoms with Gasteiger partial charge in [0.1, 0.15) is 6.61 Å². The van der Waals surface area contributed by atoms with E-state index in [1.54, 1.807) is 11.8 Å².